The van der Waals surface area contributed by atoms with Crippen LogP contribution in [0.4, 0.5) is 23.3 Å². The summed E-state index contributed by atoms with van der Waals surface area (Å²) in [5.74, 6) is 1.13. The molecule has 0 aliphatic carbocycles. The molecule has 15 heteroatoms. The van der Waals surface area contributed by atoms with Crippen LogP contribution >= 0.6 is 0 Å². The monoisotopic (exact) mass is 524 g/mol. The van der Waals surface area contributed by atoms with Crippen LogP contribution in [-0.4, -0.2) is 116 Å². The van der Waals surface area contributed by atoms with Crippen LogP contribution in [0.3, 0.4) is 0 Å². The van der Waals surface area contributed by atoms with Crippen molar-refractivity contribution < 1.29 is 14.7 Å². The van der Waals surface area contributed by atoms with Gasteiger partial charge in [-0.2, -0.15) is 0 Å². The number of nitrogen functional groups attached to an aromatic ring is 1. The van der Waals surface area contributed by atoms with Crippen molar-refractivity contribution in [2.24, 2.45) is 15.0 Å². The Morgan fingerprint density at radius 1 is 1.24 bits per heavy atom. The Morgan fingerprint density at radius 3 is 2.58 bits per heavy atom. The molecule has 1 saturated heterocycles. The van der Waals surface area contributed by atoms with Gasteiger partial charge in [-0.25, -0.2) is 25.4 Å². The minimum Gasteiger partial charge on any atom is -0.378 e. The molecular formula is C23H32N12O3. The molecule has 0 saturated carbocycles. The topological polar surface area (TPSA) is 183 Å². The standard InChI is InChI=1S/C23H32N12O3/c1-25-11-17(22(36)32-37)12-27-15-33(3)5-6-34(4)20-18(26-2)21(35-7-9-38-10-8-35)31-19(30-20)16-13-28-23(24)29-14-16/h11-14,37H,1-2,5-10,15H2,3-4H3,(H,32,36)(H2,24,28,29)/b17-11+,27-12-. The van der Waals surface area contributed by atoms with Crippen LogP contribution in [-0.2, 0) is 9.53 Å². The number of hydrogen-bond donors (Lipinski definition) is 3. The third-order valence-corrected chi connectivity index (χ3v) is 5.57. The molecule has 0 spiro atoms. The molecule has 1 aliphatic rings. The zero-order valence-corrected chi connectivity index (χ0v) is 21.5. The zero-order chi connectivity index (χ0) is 27.5. The molecule has 202 valence electrons. The largest absolute Gasteiger partial charge is 0.378 e. The van der Waals surface area contributed by atoms with Gasteiger partial charge in [0.2, 0.25) is 5.95 Å². The number of aliphatic imine (C=N–C) groups is 3. The lowest BCUT2D eigenvalue weighted by atomic mass is 10.2. The number of morpholine rings is 1. The van der Waals surface area contributed by atoms with Gasteiger partial charge >= 0.3 is 0 Å². The van der Waals surface area contributed by atoms with Gasteiger partial charge in [-0.3, -0.25) is 29.9 Å². The number of nitrogens with zero attached hydrogens (tertiary/aromatic N) is 10. The number of hydroxylamine groups is 1. The van der Waals surface area contributed by atoms with Gasteiger partial charge in [0.05, 0.1) is 31.0 Å². The molecule has 1 aliphatic heterocycles. The maximum absolute atomic E-state index is 11.6. The lowest BCUT2D eigenvalue weighted by molar-refractivity contribution is -0.124. The molecule has 2 aromatic rings. The number of carbonyl (C=O) groups excluding carboxylic acids is 1. The van der Waals surface area contributed by atoms with Gasteiger partial charge in [0, 0.05) is 58.0 Å². The van der Waals surface area contributed by atoms with Crippen LogP contribution in [0.5, 0.6) is 0 Å². The fraction of sp³-hybridized carbons (Fsp3) is 0.391. The number of nitrogens with one attached hydrogen (secondary N) is 1. The molecule has 0 unspecified atom stereocenters. The van der Waals surface area contributed by atoms with E-state index in [-0.39, 0.29) is 11.5 Å². The lowest BCUT2D eigenvalue weighted by Gasteiger charge is -2.31. The molecule has 3 rings (SSSR count). The molecular weight excluding hydrogens is 492 g/mol. The molecule has 2 aromatic heterocycles. The summed E-state index contributed by atoms with van der Waals surface area (Å²) in [7, 11) is 3.79. The number of ether oxygens (including phenoxy) is 1. The number of anilines is 3. The van der Waals surface area contributed by atoms with Gasteiger partial charge < -0.3 is 20.3 Å². The second kappa shape index (κ2) is 13.8. The number of aromatic nitrogens is 4. The minimum atomic E-state index is -0.727. The van der Waals surface area contributed by atoms with Gasteiger partial charge in [-0.1, -0.05) is 0 Å². The van der Waals surface area contributed by atoms with E-state index in [0.717, 1.165) is 0 Å². The summed E-state index contributed by atoms with van der Waals surface area (Å²) < 4.78 is 5.51. The van der Waals surface area contributed by atoms with Gasteiger partial charge in [0.15, 0.2) is 17.5 Å². The van der Waals surface area contributed by atoms with Crippen molar-refractivity contribution in [1.29, 1.82) is 0 Å². The first-order valence-corrected chi connectivity index (χ1v) is 11.7. The maximum Gasteiger partial charge on any atom is 0.277 e. The molecule has 1 amide bonds. The van der Waals surface area contributed by atoms with Crippen molar-refractivity contribution in [3.8, 4) is 11.4 Å². The SMILES string of the molecule is C=N/C=C(\C=N/CN(C)CCN(C)c1nc(-c2cnc(N)nc2)nc(N2CCOCC2)c1N=C)C(=O)NO. The number of rotatable bonds is 12. The molecule has 15 nitrogen and oxygen atoms in total. The Morgan fingerprint density at radius 2 is 1.95 bits per heavy atom. The highest BCUT2D eigenvalue weighted by atomic mass is 16.5. The third kappa shape index (κ3) is 7.34. The van der Waals surface area contributed by atoms with E-state index in [0.29, 0.717) is 74.8 Å². The zero-order valence-electron chi connectivity index (χ0n) is 21.5. The van der Waals surface area contributed by atoms with Gasteiger partial charge in [-0.05, 0) is 20.5 Å². The van der Waals surface area contributed by atoms with E-state index >= 15 is 0 Å². The Balaban J connectivity index is 1.81. The van der Waals surface area contributed by atoms with Crippen molar-refractivity contribution in [3.63, 3.8) is 0 Å². The van der Waals surface area contributed by atoms with Gasteiger partial charge in [0.25, 0.3) is 5.91 Å². The van der Waals surface area contributed by atoms with E-state index in [1.165, 1.54) is 12.4 Å². The van der Waals surface area contributed by atoms with Crippen LogP contribution in [0.2, 0.25) is 0 Å². The molecule has 0 aromatic carbocycles. The number of carbonyl (C=O) groups is 1. The summed E-state index contributed by atoms with van der Waals surface area (Å²) in [5.41, 5.74) is 8.47. The van der Waals surface area contributed by atoms with Crippen molar-refractivity contribution in [1.82, 2.24) is 30.3 Å². The van der Waals surface area contributed by atoms with Crippen LogP contribution in [0.25, 0.3) is 11.4 Å². The smallest absolute Gasteiger partial charge is 0.277 e. The van der Waals surface area contributed by atoms with Crippen molar-refractivity contribution >= 4 is 48.8 Å². The third-order valence-electron chi connectivity index (χ3n) is 5.57. The predicted molar refractivity (Wildman–Crippen MR) is 147 cm³/mol. The van der Waals surface area contributed by atoms with Crippen LogP contribution in [0.1, 0.15) is 0 Å². The van der Waals surface area contributed by atoms with Crippen molar-refractivity contribution in [2.75, 3.05) is 75.7 Å². The fourth-order valence-electron chi connectivity index (χ4n) is 3.51. The molecule has 0 radical (unpaired) electrons. The number of amides is 1. The molecule has 0 atom stereocenters. The summed E-state index contributed by atoms with van der Waals surface area (Å²) in [4.78, 5) is 47.4. The Labute approximate surface area is 220 Å². The molecule has 1 fully saturated rings. The van der Waals surface area contributed by atoms with E-state index < -0.39 is 5.91 Å². The van der Waals surface area contributed by atoms with Crippen LogP contribution in [0.15, 0.2) is 39.1 Å². The first-order chi connectivity index (χ1) is 18.4. The summed E-state index contributed by atoms with van der Waals surface area (Å²) in [6, 6.07) is 0. The van der Waals surface area contributed by atoms with E-state index in [9.17, 15) is 4.79 Å². The summed E-state index contributed by atoms with van der Waals surface area (Å²) in [6.45, 7) is 11.0. The van der Waals surface area contributed by atoms with E-state index in [1.807, 2.05) is 23.9 Å². The normalized spacial score (nSPS) is 14.1. The minimum absolute atomic E-state index is 0.0746. The van der Waals surface area contributed by atoms with Crippen LogP contribution < -0.4 is 21.0 Å². The predicted octanol–water partition coefficient (Wildman–Crippen LogP) is 0.171. The summed E-state index contributed by atoms with van der Waals surface area (Å²) in [6.07, 6.45) is 5.69. The van der Waals surface area contributed by atoms with E-state index in [4.69, 9.17) is 25.6 Å². The quantitative estimate of drug-likeness (QED) is 0.149. The molecule has 38 heavy (non-hydrogen) atoms. The van der Waals surface area contributed by atoms with E-state index in [2.05, 4.69) is 43.3 Å². The first kappa shape index (κ1) is 28.2. The van der Waals surface area contributed by atoms with Gasteiger partial charge in [-0.15, -0.1) is 0 Å². The van der Waals surface area contributed by atoms with Gasteiger partial charge in [0.1, 0.15) is 5.69 Å². The average molecular weight is 525 g/mol. The van der Waals surface area contributed by atoms with Crippen molar-refractivity contribution in [3.05, 3.63) is 24.2 Å². The fourth-order valence-corrected chi connectivity index (χ4v) is 3.51. The Hall–Kier alpha value is -4.34. The number of nitrogens with two attached hydrogens (primary N) is 1. The second-order valence-electron chi connectivity index (χ2n) is 8.29. The second-order valence-corrected chi connectivity index (χ2v) is 8.29. The highest BCUT2D eigenvalue weighted by Gasteiger charge is 2.23. The highest BCUT2D eigenvalue weighted by Crippen LogP contribution is 2.37. The van der Waals surface area contributed by atoms with Crippen LogP contribution in [0, 0.1) is 0 Å². The van der Waals surface area contributed by atoms with Crippen molar-refractivity contribution in [2.45, 2.75) is 0 Å². The molecule has 3 heterocycles. The summed E-state index contributed by atoms with van der Waals surface area (Å²) >= 11 is 0. The average Bonchev–Trinajstić information content (AvgIpc) is 2.95. The summed E-state index contributed by atoms with van der Waals surface area (Å²) in [5, 5.41) is 8.82. The Kier molecular flexibility index (Phi) is 10.3. The first-order valence-electron chi connectivity index (χ1n) is 11.7. The number of likely N-dealkylation sites (N-methyl/N-ethyl adjacent to an activating group) is 2. The highest BCUT2D eigenvalue weighted by molar-refractivity contribution is 6.11. The molecule has 0 bridgehead atoms. The maximum atomic E-state index is 11.6. The van der Waals surface area contributed by atoms with E-state index in [1.54, 1.807) is 17.9 Å². The Bertz CT molecular complexity index is 1180. The lowest BCUT2D eigenvalue weighted by Crippen LogP contribution is -2.37. The number of hydrogen-bond acceptors (Lipinski definition) is 14. The molecule has 4 N–H and O–H groups in total.